The molecule has 0 amide bonds. The van der Waals surface area contributed by atoms with Crippen LogP contribution in [0.1, 0.15) is 20.1 Å². The van der Waals surface area contributed by atoms with Crippen LogP contribution in [0.25, 0.3) is 0 Å². The van der Waals surface area contributed by atoms with Crippen LogP contribution in [0.15, 0.2) is 21.9 Å². The van der Waals surface area contributed by atoms with E-state index in [-0.39, 0.29) is 6.61 Å². The van der Waals surface area contributed by atoms with Crippen LogP contribution in [-0.4, -0.2) is 56.7 Å². The number of hydrogen-bond acceptors (Lipinski definition) is 7. The first-order valence-electron chi connectivity index (χ1n) is 7.85. The van der Waals surface area contributed by atoms with Gasteiger partial charge < -0.3 is 19.5 Å². The van der Waals surface area contributed by atoms with Gasteiger partial charge in [0.2, 0.25) is 0 Å². The first kappa shape index (κ1) is 20.6. The van der Waals surface area contributed by atoms with Crippen LogP contribution >= 0.6 is 7.60 Å². The van der Waals surface area contributed by atoms with Crippen molar-refractivity contribution < 1.29 is 28.6 Å². The summed E-state index contributed by atoms with van der Waals surface area (Å²) in [6, 6.07) is 1.11. The molecule has 26 heavy (non-hydrogen) atoms. The van der Waals surface area contributed by atoms with E-state index in [1.54, 1.807) is 0 Å². The van der Waals surface area contributed by atoms with Crippen molar-refractivity contribution >= 4 is 7.60 Å². The van der Waals surface area contributed by atoms with Crippen LogP contribution in [0.5, 0.6) is 0 Å². The third-order valence-corrected chi connectivity index (χ3v) is 5.73. The molecule has 144 valence electrons. The van der Waals surface area contributed by atoms with E-state index in [1.165, 1.54) is 20.0 Å². The van der Waals surface area contributed by atoms with Gasteiger partial charge >= 0.3 is 13.3 Å². The predicted octanol–water partition coefficient (Wildman–Crippen LogP) is -0.576. The molecule has 0 aliphatic carbocycles. The Kier molecular flexibility index (Phi) is 6.58. The fourth-order valence-corrected chi connectivity index (χ4v) is 3.30. The minimum atomic E-state index is -4.04. The first-order valence-corrected chi connectivity index (χ1v) is 9.49. The molecule has 1 aromatic heterocycles. The van der Waals surface area contributed by atoms with Gasteiger partial charge in [-0.2, -0.15) is 0 Å². The topological polar surface area (TPSA) is 140 Å². The summed E-state index contributed by atoms with van der Waals surface area (Å²) in [4.78, 5) is 35.4. The summed E-state index contributed by atoms with van der Waals surface area (Å²) in [5.41, 5.74) is -2.08. The number of aromatic nitrogens is 2. The predicted molar refractivity (Wildman–Crippen MR) is 90.7 cm³/mol. The summed E-state index contributed by atoms with van der Waals surface area (Å²) in [5, 5.41) is 9.58. The Bertz CT molecular complexity index is 826. The number of H-pyrrole nitrogens is 1. The minimum absolute atomic E-state index is 0.182. The van der Waals surface area contributed by atoms with Gasteiger partial charge in [0.1, 0.15) is 24.9 Å². The van der Waals surface area contributed by atoms with E-state index in [2.05, 4.69) is 10.9 Å². The molecule has 2 rings (SSSR count). The molecule has 5 atom stereocenters. The monoisotopic (exact) mass is 388 g/mol. The first-order chi connectivity index (χ1) is 12.2. The number of rotatable bonds is 7. The maximum Gasteiger partial charge on any atom is 0.331 e. The number of terminal acetylenes is 1. The molecular formula is C15H21N2O8P. The third-order valence-electron chi connectivity index (χ3n) is 3.88. The third kappa shape index (κ3) is 4.32. The Labute approximate surface area is 149 Å². The second-order valence-electron chi connectivity index (χ2n) is 5.97. The molecule has 10 nitrogen and oxygen atoms in total. The highest BCUT2D eigenvalue weighted by atomic mass is 31.2. The lowest BCUT2D eigenvalue weighted by Gasteiger charge is -2.27. The molecule has 1 saturated heterocycles. The molecule has 0 aromatic carbocycles. The number of hydrogen-bond donors (Lipinski definition) is 3. The van der Waals surface area contributed by atoms with Gasteiger partial charge in [-0.3, -0.25) is 23.4 Å². The minimum Gasteiger partial charge on any atom is -0.394 e. The van der Waals surface area contributed by atoms with Gasteiger partial charge in [-0.1, -0.05) is 19.8 Å². The smallest absolute Gasteiger partial charge is 0.331 e. The van der Waals surface area contributed by atoms with Gasteiger partial charge in [-0.15, -0.1) is 6.42 Å². The van der Waals surface area contributed by atoms with Crippen molar-refractivity contribution in [3.63, 3.8) is 0 Å². The van der Waals surface area contributed by atoms with Crippen LogP contribution in [0.2, 0.25) is 0 Å². The van der Waals surface area contributed by atoms with Crippen LogP contribution in [-0.2, 0) is 18.6 Å². The van der Waals surface area contributed by atoms with Crippen molar-refractivity contribution in [2.75, 3.05) is 13.2 Å². The number of aliphatic hydroxyl groups is 1. The van der Waals surface area contributed by atoms with E-state index >= 15 is 0 Å². The number of nitrogens with one attached hydrogen (secondary N) is 1. The molecule has 5 unspecified atom stereocenters. The SMILES string of the molecule is C#CCOC1C(OP(=O)(O)C(C)C)C(CO)OC1n1ccc(=O)[nH]c1=O. The van der Waals surface area contributed by atoms with E-state index in [9.17, 15) is 24.2 Å². The molecule has 11 heteroatoms. The lowest BCUT2D eigenvalue weighted by molar-refractivity contribution is -0.0677. The molecule has 0 radical (unpaired) electrons. The van der Waals surface area contributed by atoms with Crippen LogP contribution < -0.4 is 11.2 Å². The van der Waals surface area contributed by atoms with E-state index in [0.29, 0.717) is 0 Å². The molecule has 1 aromatic rings. The van der Waals surface area contributed by atoms with Gasteiger partial charge in [0, 0.05) is 12.3 Å². The van der Waals surface area contributed by atoms with Crippen LogP contribution in [0.3, 0.4) is 0 Å². The quantitative estimate of drug-likeness (QED) is 0.416. The number of ether oxygens (including phenoxy) is 2. The molecule has 1 fully saturated rings. The Morgan fingerprint density at radius 3 is 2.69 bits per heavy atom. The number of aromatic amines is 1. The van der Waals surface area contributed by atoms with Gasteiger partial charge in [0.25, 0.3) is 5.56 Å². The van der Waals surface area contributed by atoms with E-state index in [1.807, 2.05) is 0 Å². The summed E-state index contributed by atoms with van der Waals surface area (Å²) >= 11 is 0. The van der Waals surface area contributed by atoms with Gasteiger partial charge in [-0.25, -0.2) is 4.79 Å². The maximum absolute atomic E-state index is 12.3. The van der Waals surface area contributed by atoms with E-state index in [4.69, 9.17) is 20.4 Å². The van der Waals surface area contributed by atoms with Gasteiger partial charge in [-0.05, 0) is 0 Å². The lowest BCUT2D eigenvalue weighted by Crippen LogP contribution is -2.40. The molecule has 3 N–H and O–H groups in total. The van der Waals surface area contributed by atoms with Crippen LogP contribution in [0, 0.1) is 12.3 Å². The van der Waals surface area contributed by atoms with Crippen molar-refractivity contribution in [1.82, 2.24) is 9.55 Å². The summed E-state index contributed by atoms with van der Waals surface area (Å²) < 4.78 is 29.8. The largest absolute Gasteiger partial charge is 0.394 e. The molecule has 0 spiro atoms. The second kappa shape index (κ2) is 8.31. The Hall–Kier alpha value is -1.73. The van der Waals surface area contributed by atoms with Crippen molar-refractivity contribution in [1.29, 1.82) is 0 Å². The molecule has 1 aliphatic heterocycles. The number of nitrogens with zero attached hydrogens (tertiary/aromatic N) is 1. The zero-order chi connectivity index (χ0) is 19.5. The van der Waals surface area contributed by atoms with Crippen molar-refractivity contribution in [2.45, 2.75) is 44.0 Å². The Morgan fingerprint density at radius 2 is 2.15 bits per heavy atom. The van der Waals surface area contributed by atoms with Gasteiger partial charge in [0.15, 0.2) is 6.23 Å². The molecular weight excluding hydrogens is 367 g/mol. The van der Waals surface area contributed by atoms with E-state index in [0.717, 1.165) is 10.6 Å². The zero-order valence-electron chi connectivity index (χ0n) is 14.3. The average molecular weight is 388 g/mol. The van der Waals surface area contributed by atoms with Crippen molar-refractivity contribution in [2.24, 2.45) is 0 Å². The summed E-state index contributed by atoms with van der Waals surface area (Å²) in [5.74, 6) is 2.26. The van der Waals surface area contributed by atoms with Crippen molar-refractivity contribution in [3.05, 3.63) is 33.1 Å². The normalized spacial score (nSPS) is 28.0. The summed E-state index contributed by atoms with van der Waals surface area (Å²) in [7, 11) is -4.04. The lowest BCUT2D eigenvalue weighted by atomic mass is 10.1. The Balaban J connectivity index is 2.42. The second-order valence-corrected chi connectivity index (χ2v) is 8.34. The molecule has 0 bridgehead atoms. The molecule has 0 saturated carbocycles. The Morgan fingerprint density at radius 1 is 1.46 bits per heavy atom. The average Bonchev–Trinajstić information content (AvgIpc) is 2.89. The highest BCUT2D eigenvalue weighted by molar-refractivity contribution is 7.53. The summed E-state index contributed by atoms with van der Waals surface area (Å²) in [6.07, 6.45) is 2.01. The highest BCUT2D eigenvalue weighted by Gasteiger charge is 2.50. The van der Waals surface area contributed by atoms with Crippen LogP contribution in [0.4, 0.5) is 0 Å². The fourth-order valence-electron chi connectivity index (χ4n) is 2.45. The van der Waals surface area contributed by atoms with Crippen molar-refractivity contribution in [3.8, 4) is 12.3 Å². The molecule has 1 aliphatic rings. The highest BCUT2D eigenvalue weighted by Crippen LogP contribution is 2.51. The van der Waals surface area contributed by atoms with E-state index < -0.39 is 55.7 Å². The maximum atomic E-state index is 12.3. The fraction of sp³-hybridized carbons (Fsp3) is 0.600. The molecule has 2 heterocycles. The number of aliphatic hydroxyl groups excluding tert-OH is 1. The van der Waals surface area contributed by atoms with Gasteiger partial charge in [0.05, 0.1) is 12.3 Å². The standard InChI is InChI=1S/C15H21N2O8P/c1-4-7-23-13-12(25-26(21,22)9(2)3)10(8-18)24-14(13)17-6-5-11(19)16-15(17)20/h1,5-6,9-10,12-14,18H,7-8H2,2-3H3,(H,21,22)(H,16,19,20). The zero-order valence-corrected chi connectivity index (χ0v) is 15.2. The summed E-state index contributed by atoms with van der Waals surface area (Å²) in [6.45, 7) is 2.28.